The highest BCUT2D eigenvalue weighted by atomic mass is 127. The van der Waals surface area contributed by atoms with Gasteiger partial charge >= 0.3 is 0 Å². The summed E-state index contributed by atoms with van der Waals surface area (Å²) in [6, 6.07) is 14.4. The summed E-state index contributed by atoms with van der Waals surface area (Å²) in [4.78, 5) is 5.32. The lowest BCUT2D eigenvalue weighted by molar-refractivity contribution is 0.617. The van der Waals surface area contributed by atoms with Gasteiger partial charge in [0.05, 0.1) is 17.3 Å². The van der Waals surface area contributed by atoms with Gasteiger partial charge in [0, 0.05) is 23.7 Å². The summed E-state index contributed by atoms with van der Waals surface area (Å²) in [5, 5.41) is 6.35. The maximum absolute atomic E-state index is 13.3. The molecule has 7 heteroatoms. The Morgan fingerprint density at radius 1 is 1.15 bits per heavy atom. The largest absolute Gasteiger partial charge is 0.357 e. The van der Waals surface area contributed by atoms with Gasteiger partial charge in [-0.15, -0.1) is 24.0 Å². The second-order valence-electron chi connectivity index (χ2n) is 5.57. The molecule has 0 amide bonds. The summed E-state index contributed by atoms with van der Waals surface area (Å²) in [6.45, 7) is 5.47. The monoisotopic (exact) mass is 489 g/mol. The van der Waals surface area contributed by atoms with E-state index >= 15 is 0 Å². The molecule has 0 fully saturated rings. The van der Waals surface area contributed by atoms with Crippen LogP contribution < -0.4 is 10.6 Å². The Morgan fingerprint density at radius 2 is 1.88 bits per heavy atom. The molecule has 1 atom stereocenters. The number of nitrogens with zero attached hydrogens (tertiary/aromatic N) is 1. The standard InChI is InChI=1S/C19H24FN3OS.HI/c1-3-21-19(23-14-16-9-10-18(20)15(2)13-16)22-11-12-25(24)17-7-5-4-6-8-17;/h4-10,13H,3,11-12,14H2,1-2H3,(H2,21,22,23);1H. The zero-order chi connectivity index (χ0) is 18.1. The number of benzene rings is 2. The van der Waals surface area contributed by atoms with Gasteiger partial charge < -0.3 is 10.6 Å². The van der Waals surface area contributed by atoms with Gasteiger partial charge in [0.15, 0.2) is 5.96 Å². The van der Waals surface area contributed by atoms with Gasteiger partial charge in [-0.25, -0.2) is 9.38 Å². The number of guanidine groups is 1. The molecule has 2 aromatic rings. The summed E-state index contributed by atoms with van der Waals surface area (Å²) in [5.74, 6) is 0.958. The fourth-order valence-electron chi connectivity index (χ4n) is 2.27. The van der Waals surface area contributed by atoms with Crippen LogP contribution in [0.25, 0.3) is 0 Å². The highest BCUT2D eigenvalue weighted by Crippen LogP contribution is 2.10. The van der Waals surface area contributed by atoms with E-state index in [0.29, 0.717) is 30.4 Å². The predicted octanol–water partition coefficient (Wildman–Crippen LogP) is 3.62. The summed E-state index contributed by atoms with van der Waals surface area (Å²) < 4.78 is 25.5. The third-order valence-electron chi connectivity index (χ3n) is 3.57. The Bertz CT molecular complexity index is 741. The molecular formula is C19H25FIN3OS. The lowest BCUT2D eigenvalue weighted by Gasteiger charge is -2.11. The summed E-state index contributed by atoms with van der Waals surface area (Å²) in [7, 11) is -1.04. The van der Waals surface area contributed by atoms with Crippen molar-refractivity contribution in [1.82, 2.24) is 10.6 Å². The van der Waals surface area contributed by atoms with Crippen LogP contribution in [0.3, 0.4) is 0 Å². The molecule has 0 heterocycles. The quantitative estimate of drug-likeness (QED) is 0.355. The lowest BCUT2D eigenvalue weighted by Crippen LogP contribution is -2.39. The Hall–Kier alpha value is -1.48. The van der Waals surface area contributed by atoms with E-state index in [9.17, 15) is 8.60 Å². The topological polar surface area (TPSA) is 53.5 Å². The Labute approximate surface area is 174 Å². The van der Waals surface area contributed by atoms with Crippen LogP contribution in [-0.2, 0) is 17.3 Å². The third kappa shape index (κ3) is 7.41. The van der Waals surface area contributed by atoms with E-state index < -0.39 is 10.8 Å². The minimum absolute atomic E-state index is 0. The molecule has 0 bridgehead atoms. The molecule has 0 aliphatic carbocycles. The first-order valence-corrected chi connectivity index (χ1v) is 9.62. The van der Waals surface area contributed by atoms with Crippen molar-refractivity contribution in [2.24, 2.45) is 4.99 Å². The van der Waals surface area contributed by atoms with Crippen molar-refractivity contribution in [2.75, 3.05) is 18.8 Å². The Morgan fingerprint density at radius 3 is 2.54 bits per heavy atom. The van der Waals surface area contributed by atoms with Crippen molar-refractivity contribution in [1.29, 1.82) is 0 Å². The predicted molar refractivity (Wildman–Crippen MR) is 117 cm³/mol. The summed E-state index contributed by atoms with van der Waals surface area (Å²) >= 11 is 0. The summed E-state index contributed by atoms with van der Waals surface area (Å²) in [6.07, 6.45) is 0. The molecule has 0 aliphatic heterocycles. The average molecular weight is 489 g/mol. The van der Waals surface area contributed by atoms with Crippen LogP contribution in [-0.4, -0.2) is 29.0 Å². The lowest BCUT2D eigenvalue weighted by atomic mass is 10.1. The normalized spacial score (nSPS) is 12.2. The van der Waals surface area contributed by atoms with Gasteiger partial charge in [-0.2, -0.15) is 0 Å². The molecule has 4 nitrogen and oxygen atoms in total. The molecule has 0 aromatic heterocycles. The van der Waals surface area contributed by atoms with E-state index in [1.54, 1.807) is 19.1 Å². The average Bonchev–Trinajstić information content (AvgIpc) is 2.63. The molecule has 0 saturated carbocycles. The van der Waals surface area contributed by atoms with E-state index in [4.69, 9.17) is 0 Å². The van der Waals surface area contributed by atoms with Crippen molar-refractivity contribution >= 4 is 40.7 Å². The molecule has 2 N–H and O–H groups in total. The fraction of sp³-hybridized carbons (Fsp3) is 0.316. The molecule has 1 unspecified atom stereocenters. The number of hydrogen-bond acceptors (Lipinski definition) is 2. The molecule has 26 heavy (non-hydrogen) atoms. The van der Waals surface area contributed by atoms with Crippen molar-refractivity contribution < 1.29 is 8.60 Å². The highest BCUT2D eigenvalue weighted by Gasteiger charge is 2.04. The minimum atomic E-state index is -1.04. The van der Waals surface area contributed by atoms with Gasteiger partial charge in [-0.1, -0.05) is 30.3 Å². The summed E-state index contributed by atoms with van der Waals surface area (Å²) in [5.41, 5.74) is 1.56. The first-order valence-electron chi connectivity index (χ1n) is 8.30. The maximum atomic E-state index is 13.3. The van der Waals surface area contributed by atoms with Gasteiger partial charge in [0.2, 0.25) is 0 Å². The van der Waals surface area contributed by atoms with E-state index in [2.05, 4.69) is 15.6 Å². The van der Waals surface area contributed by atoms with Crippen LogP contribution >= 0.6 is 24.0 Å². The van der Waals surface area contributed by atoms with Gasteiger partial charge in [-0.05, 0) is 43.2 Å². The van der Waals surface area contributed by atoms with Gasteiger partial charge in [-0.3, -0.25) is 4.21 Å². The number of aliphatic imine (C=N–C) groups is 1. The van der Waals surface area contributed by atoms with Gasteiger partial charge in [0.25, 0.3) is 0 Å². The van der Waals surface area contributed by atoms with E-state index in [-0.39, 0.29) is 29.8 Å². The van der Waals surface area contributed by atoms with Crippen LogP contribution in [0, 0.1) is 12.7 Å². The highest BCUT2D eigenvalue weighted by molar-refractivity contribution is 14.0. The van der Waals surface area contributed by atoms with Crippen LogP contribution in [0.4, 0.5) is 4.39 Å². The number of rotatable bonds is 7. The smallest absolute Gasteiger partial charge is 0.191 e. The van der Waals surface area contributed by atoms with E-state index in [1.165, 1.54) is 6.07 Å². The number of nitrogens with one attached hydrogen (secondary N) is 2. The second kappa shape index (κ2) is 12.0. The van der Waals surface area contributed by atoms with Crippen LogP contribution in [0.1, 0.15) is 18.1 Å². The van der Waals surface area contributed by atoms with Crippen molar-refractivity contribution in [3.8, 4) is 0 Å². The van der Waals surface area contributed by atoms with Crippen LogP contribution in [0.15, 0.2) is 58.4 Å². The second-order valence-corrected chi connectivity index (χ2v) is 7.14. The molecule has 0 spiro atoms. The number of halogens is 2. The molecule has 0 saturated heterocycles. The first kappa shape index (κ1) is 22.6. The number of hydrogen-bond donors (Lipinski definition) is 2. The van der Waals surface area contributed by atoms with Crippen molar-refractivity contribution in [3.05, 3.63) is 65.5 Å². The third-order valence-corrected chi connectivity index (χ3v) is 4.95. The molecule has 2 aromatic carbocycles. The number of aryl methyl sites for hydroxylation is 1. The SMILES string of the molecule is CCNC(=NCc1ccc(F)c(C)c1)NCCS(=O)c1ccccc1.I. The zero-order valence-corrected chi connectivity index (χ0v) is 18.1. The van der Waals surface area contributed by atoms with E-state index in [1.807, 2.05) is 37.3 Å². The van der Waals surface area contributed by atoms with Crippen LogP contribution in [0.5, 0.6) is 0 Å². The molecule has 142 valence electrons. The molecule has 2 rings (SSSR count). The van der Waals surface area contributed by atoms with Crippen molar-refractivity contribution in [2.45, 2.75) is 25.3 Å². The van der Waals surface area contributed by atoms with Crippen molar-refractivity contribution in [3.63, 3.8) is 0 Å². The maximum Gasteiger partial charge on any atom is 0.191 e. The molecule has 0 radical (unpaired) electrons. The van der Waals surface area contributed by atoms with E-state index in [0.717, 1.165) is 17.0 Å². The van der Waals surface area contributed by atoms with Gasteiger partial charge in [0.1, 0.15) is 5.82 Å². The molecular weight excluding hydrogens is 464 g/mol. The zero-order valence-electron chi connectivity index (χ0n) is 15.0. The Kier molecular flexibility index (Phi) is 10.4. The first-order chi connectivity index (χ1) is 12.1. The fourth-order valence-corrected chi connectivity index (χ4v) is 3.25. The van der Waals surface area contributed by atoms with Crippen LogP contribution in [0.2, 0.25) is 0 Å². The minimum Gasteiger partial charge on any atom is -0.357 e. The Balaban J connectivity index is 0.00000338. The molecule has 0 aliphatic rings.